The van der Waals surface area contributed by atoms with Gasteiger partial charge in [-0.2, -0.15) is 0 Å². The van der Waals surface area contributed by atoms with Crippen LogP contribution in [0.3, 0.4) is 0 Å². The number of rotatable bonds is 2. The van der Waals surface area contributed by atoms with Gasteiger partial charge in [-0.05, 0) is 30.0 Å². The van der Waals surface area contributed by atoms with Crippen LogP contribution in [0, 0.1) is 5.92 Å². The molecule has 1 N–H and O–H groups in total. The minimum absolute atomic E-state index is 0.656. The second-order valence-electron chi connectivity index (χ2n) is 3.11. The van der Waals surface area contributed by atoms with E-state index in [1.54, 1.807) is 0 Å². The van der Waals surface area contributed by atoms with Gasteiger partial charge in [0.15, 0.2) is 6.20 Å². The summed E-state index contributed by atoms with van der Waals surface area (Å²) in [6.45, 7) is 4.37. The maximum absolute atomic E-state index is 5.91. The lowest BCUT2D eigenvalue weighted by Crippen LogP contribution is -2.06. The quantitative estimate of drug-likeness (QED) is 0.606. The van der Waals surface area contributed by atoms with Crippen LogP contribution in [0.1, 0.15) is 19.4 Å². The number of hydrogen-bond donors (Lipinski definition) is 0. The van der Waals surface area contributed by atoms with Crippen LogP contribution in [-0.2, 0) is 6.42 Å². The number of hydrogen-bond acceptors (Lipinski definition) is 0. The molecule has 2 heteroatoms. The van der Waals surface area contributed by atoms with Crippen molar-refractivity contribution in [3.8, 4) is 0 Å². The number of nitrogens with one attached hydrogen (secondary N) is 1. The third kappa shape index (κ3) is 2.51. The Morgan fingerprint density at radius 1 is 1.55 bits per heavy atom. The fourth-order valence-electron chi connectivity index (χ4n) is 1.05. The fraction of sp³-hybridized carbons (Fsp3) is 0.444. The summed E-state index contributed by atoms with van der Waals surface area (Å²) in [7, 11) is 0. The van der Waals surface area contributed by atoms with Gasteiger partial charge in [-0.1, -0.05) is 13.8 Å². The van der Waals surface area contributed by atoms with Crippen molar-refractivity contribution in [2.24, 2.45) is 5.92 Å². The Morgan fingerprint density at radius 2 is 2.27 bits per heavy atom. The van der Waals surface area contributed by atoms with Gasteiger partial charge in [-0.15, -0.1) is 0 Å². The third-order valence-electron chi connectivity index (χ3n) is 1.51. The Balaban J connectivity index is 2.78. The first kappa shape index (κ1) is 8.54. The molecule has 1 nitrogen and oxygen atoms in total. The van der Waals surface area contributed by atoms with E-state index in [1.165, 1.54) is 5.56 Å². The predicted octanol–water partition coefficient (Wildman–Crippen LogP) is 2.35. The molecule has 60 valence electrons. The normalized spacial score (nSPS) is 10.5. The van der Waals surface area contributed by atoms with Crippen molar-refractivity contribution in [1.29, 1.82) is 0 Å². The van der Waals surface area contributed by atoms with Crippen molar-refractivity contribution in [1.82, 2.24) is 0 Å². The standard InChI is InChI=1S/C9H12ClN/c1-7(2)6-8-4-3-5-11-9(8)10/h3-5,7H,6H2,1-2H3/p+1. The summed E-state index contributed by atoms with van der Waals surface area (Å²) in [5, 5.41) is 0.765. The third-order valence-corrected chi connectivity index (χ3v) is 1.87. The topological polar surface area (TPSA) is 14.1 Å². The lowest BCUT2D eigenvalue weighted by atomic mass is 10.1. The molecule has 0 aliphatic rings. The van der Waals surface area contributed by atoms with Gasteiger partial charge in [0.2, 0.25) is 0 Å². The summed E-state index contributed by atoms with van der Waals surface area (Å²) in [6.07, 6.45) is 2.88. The number of H-pyrrole nitrogens is 1. The van der Waals surface area contributed by atoms with Crippen molar-refractivity contribution >= 4 is 11.6 Å². The molecule has 1 rings (SSSR count). The highest BCUT2D eigenvalue weighted by Crippen LogP contribution is 2.12. The molecule has 0 radical (unpaired) electrons. The molecule has 0 spiro atoms. The number of aromatic amines is 1. The van der Waals surface area contributed by atoms with E-state index in [4.69, 9.17) is 11.6 Å². The number of halogens is 1. The Kier molecular flexibility index (Phi) is 2.89. The molecule has 0 aliphatic heterocycles. The Bertz CT molecular complexity index is 233. The fourth-order valence-corrected chi connectivity index (χ4v) is 1.25. The van der Waals surface area contributed by atoms with Crippen LogP contribution < -0.4 is 4.98 Å². The largest absolute Gasteiger partial charge is 0.276 e. The molecule has 0 fully saturated rings. The summed E-state index contributed by atoms with van der Waals surface area (Å²) in [5.74, 6) is 0.656. The molecule has 0 saturated heterocycles. The lowest BCUT2D eigenvalue weighted by Gasteiger charge is -2.01. The van der Waals surface area contributed by atoms with Gasteiger partial charge < -0.3 is 0 Å². The van der Waals surface area contributed by atoms with E-state index in [9.17, 15) is 0 Å². The van der Waals surface area contributed by atoms with E-state index in [1.807, 2.05) is 12.3 Å². The van der Waals surface area contributed by atoms with Gasteiger partial charge in [0.05, 0.1) is 0 Å². The molecule has 0 atom stereocenters. The van der Waals surface area contributed by atoms with Crippen molar-refractivity contribution in [3.05, 3.63) is 29.0 Å². The van der Waals surface area contributed by atoms with Crippen LogP contribution in [0.2, 0.25) is 5.15 Å². The van der Waals surface area contributed by atoms with Crippen molar-refractivity contribution in [2.75, 3.05) is 0 Å². The molecule has 0 aliphatic carbocycles. The maximum Gasteiger partial charge on any atom is 0.276 e. The second kappa shape index (κ2) is 3.72. The zero-order valence-corrected chi connectivity index (χ0v) is 7.65. The molecule has 1 heterocycles. The number of pyridine rings is 1. The summed E-state index contributed by atoms with van der Waals surface area (Å²) in [6, 6.07) is 4.03. The van der Waals surface area contributed by atoms with Gasteiger partial charge in [0, 0.05) is 11.6 Å². The van der Waals surface area contributed by atoms with E-state index in [2.05, 4.69) is 24.9 Å². The highest BCUT2D eigenvalue weighted by molar-refractivity contribution is 6.29. The molecular weight excluding hydrogens is 158 g/mol. The van der Waals surface area contributed by atoms with E-state index in [0.717, 1.165) is 11.6 Å². The van der Waals surface area contributed by atoms with Crippen LogP contribution in [-0.4, -0.2) is 0 Å². The van der Waals surface area contributed by atoms with Crippen LogP contribution in [0.5, 0.6) is 0 Å². The van der Waals surface area contributed by atoms with Crippen molar-refractivity contribution in [3.63, 3.8) is 0 Å². The molecule has 11 heavy (non-hydrogen) atoms. The van der Waals surface area contributed by atoms with Gasteiger partial charge >= 0.3 is 0 Å². The molecule has 0 saturated carbocycles. The van der Waals surface area contributed by atoms with Crippen LogP contribution >= 0.6 is 11.6 Å². The van der Waals surface area contributed by atoms with E-state index in [0.29, 0.717) is 5.92 Å². The van der Waals surface area contributed by atoms with Gasteiger partial charge in [0.1, 0.15) is 0 Å². The smallest absolute Gasteiger partial charge is 0.201 e. The first-order valence-corrected chi connectivity index (χ1v) is 4.23. The average molecular weight is 171 g/mol. The summed E-state index contributed by atoms with van der Waals surface area (Å²) >= 11 is 5.91. The minimum atomic E-state index is 0.656. The Labute approximate surface area is 72.4 Å². The van der Waals surface area contributed by atoms with E-state index < -0.39 is 0 Å². The lowest BCUT2D eigenvalue weighted by molar-refractivity contribution is -0.376. The molecule has 0 unspecified atom stereocenters. The van der Waals surface area contributed by atoms with Crippen LogP contribution in [0.15, 0.2) is 18.3 Å². The Morgan fingerprint density at radius 3 is 2.82 bits per heavy atom. The van der Waals surface area contributed by atoms with Crippen LogP contribution in [0.4, 0.5) is 0 Å². The van der Waals surface area contributed by atoms with Gasteiger partial charge in [-0.3, -0.25) is 0 Å². The van der Waals surface area contributed by atoms with Crippen molar-refractivity contribution < 1.29 is 4.98 Å². The van der Waals surface area contributed by atoms with E-state index >= 15 is 0 Å². The minimum Gasteiger partial charge on any atom is -0.201 e. The highest BCUT2D eigenvalue weighted by Gasteiger charge is 2.06. The SMILES string of the molecule is CC(C)Cc1ccc[nH+]c1Cl. The van der Waals surface area contributed by atoms with Crippen molar-refractivity contribution in [2.45, 2.75) is 20.3 Å². The van der Waals surface area contributed by atoms with E-state index in [-0.39, 0.29) is 0 Å². The predicted molar refractivity (Wildman–Crippen MR) is 46.5 cm³/mol. The zero-order chi connectivity index (χ0) is 8.27. The molecule has 0 amide bonds. The molecule has 1 aromatic heterocycles. The zero-order valence-electron chi connectivity index (χ0n) is 6.89. The first-order chi connectivity index (χ1) is 5.20. The molecule has 1 aromatic rings. The monoisotopic (exact) mass is 170 g/mol. The van der Waals surface area contributed by atoms with Gasteiger partial charge in [-0.25, -0.2) is 4.98 Å². The highest BCUT2D eigenvalue weighted by atomic mass is 35.5. The summed E-state index contributed by atoms with van der Waals surface area (Å²) in [5.41, 5.74) is 1.20. The second-order valence-corrected chi connectivity index (χ2v) is 3.49. The van der Waals surface area contributed by atoms with Gasteiger partial charge in [0.25, 0.3) is 5.15 Å². The summed E-state index contributed by atoms with van der Waals surface area (Å²) in [4.78, 5) is 2.97. The average Bonchev–Trinajstić information content (AvgIpc) is 1.93. The number of aromatic nitrogens is 1. The van der Waals surface area contributed by atoms with Crippen LogP contribution in [0.25, 0.3) is 0 Å². The Hall–Kier alpha value is -0.560. The molecular formula is C9H13ClN+. The first-order valence-electron chi connectivity index (χ1n) is 3.85. The molecule has 0 bridgehead atoms. The maximum atomic E-state index is 5.91. The molecule has 0 aromatic carbocycles. The summed E-state index contributed by atoms with van der Waals surface area (Å²) < 4.78 is 0.